The van der Waals surface area contributed by atoms with Gasteiger partial charge in [0.1, 0.15) is 0 Å². The number of aromatic amines is 1. The predicted molar refractivity (Wildman–Crippen MR) is 107 cm³/mol. The van der Waals surface area contributed by atoms with Crippen LogP contribution in [0.1, 0.15) is 12.5 Å². The lowest BCUT2D eigenvalue weighted by molar-refractivity contribution is -0.130. The standard InChI is InChI=1S/C14H22N6O10P2/c15-14-17-12-11(13(23)18-14)16-6-20(12)7-3-19(9(21)1-2-31(24,25)26)4-8(7)30-5-10(22)32(27,28)29/h6-8,10,22H,1-5H2,(H2,24,25,26)(H2,27,28,29)(H3,15,17,18,23)/t7?,8-,10+/m1/s1. The van der Waals surface area contributed by atoms with Crippen LogP contribution in [0.5, 0.6) is 0 Å². The summed E-state index contributed by atoms with van der Waals surface area (Å²) in [4.78, 5) is 72.2. The van der Waals surface area contributed by atoms with Crippen LogP contribution < -0.4 is 11.3 Å². The van der Waals surface area contributed by atoms with E-state index in [1.807, 2.05) is 0 Å². The zero-order valence-electron chi connectivity index (χ0n) is 16.4. The summed E-state index contributed by atoms with van der Waals surface area (Å²) in [6.45, 7) is -0.911. The van der Waals surface area contributed by atoms with Crippen molar-refractivity contribution < 1.29 is 43.3 Å². The lowest BCUT2D eigenvalue weighted by atomic mass is 10.2. The van der Waals surface area contributed by atoms with Crippen LogP contribution in [0.25, 0.3) is 11.2 Å². The smallest absolute Gasteiger partial charge is 0.356 e. The van der Waals surface area contributed by atoms with Crippen molar-refractivity contribution in [1.82, 2.24) is 24.4 Å². The number of aliphatic hydroxyl groups is 1. The quantitative estimate of drug-likeness (QED) is 0.187. The summed E-state index contributed by atoms with van der Waals surface area (Å²) in [6.07, 6.45) is -0.757. The number of fused-ring (bicyclic) bond motifs is 1. The summed E-state index contributed by atoms with van der Waals surface area (Å²) in [5.41, 5.74) is 5.02. The van der Waals surface area contributed by atoms with Gasteiger partial charge in [-0.1, -0.05) is 0 Å². The predicted octanol–water partition coefficient (Wildman–Crippen LogP) is -2.47. The Labute approximate surface area is 179 Å². The van der Waals surface area contributed by atoms with Gasteiger partial charge in [0.25, 0.3) is 5.56 Å². The summed E-state index contributed by atoms with van der Waals surface area (Å²) in [7, 11) is -9.24. The van der Waals surface area contributed by atoms with Crippen molar-refractivity contribution in [3.8, 4) is 0 Å². The van der Waals surface area contributed by atoms with Crippen LogP contribution in [0.3, 0.4) is 0 Å². The molecule has 1 saturated heterocycles. The number of nitrogens with one attached hydrogen (secondary N) is 1. The molecule has 8 N–H and O–H groups in total. The minimum atomic E-state index is -4.84. The van der Waals surface area contributed by atoms with E-state index >= 15 is 0 Å². The normalized spacial score (nSPS) is 20.7. The number of nitrogens with zero attached hydrogens (tertiary/aromatic N) is 4. The molecule has 1 aliphatic heterocycles. The van der Waals surface area contributed by atoms with Crippen LogP contribution in [-0.4, -0.2) is 92.8 Å². The fraction of sp³-hybridized carbons (Fsp3) is 0.571. The average Bonchev–Trinajstić information content (AvgIpc) is 3.26. The molecule has 1 aliphatic rings. The molecule has 32 heavy (non-hydrogen) atoms. The van der Waals surface area contributed by atoms with E-state index in [1.54, 1.807) is 0 Å². The molecule has 0 aliphatic carbocycles. The number of carbonyl (C=O) groups is 1. The number of nitrogen functional groups attached to an aromatic ring is 1. The summed E-state index contributed by atoms with van der Waals surface area (Å²) in [5, 5.41) is 9.61. The van der Waals surface area contributed by atoms with Crippen LogP contribution in [0.15, 0.2) is 11.1 Å². The van der Waals surface area contributed by atoms with Crippen molar-refractivity contribution in [3.63, 3.8) is 0 Å². The van der Waals surface area contributed by atoms with Crippen molar-refractivity contribution in [1.29, 1.82) is 0 Å². The molecule has 1 amide bonds. The number of aliphatic hydroxyl groups excluding tert-OH is 1. The zero-order chi connectivity index (χ0) is 23.8. The van der Waals surface area contributed by atoms with Crippen molar-refractivity contribution in [2.24, 2.45) is 0 Å². The van der Waals surface area contributed by atoms with E-state index in [4.69, 9.17) is 30.0 Å². The Bertz CT molecular complexity index is 1150. The molecular weight excluding hydrogens is 474 g/mol. The molecule has 2 aromatic rings. The number of anilines is 1. The summed E-state index contributed by atoms with van der Waals surface area (Å²) in [5.74, 6) is -2.88. The second kappa shape index (κ2) is 9.00. The minimum Gasteiger partial charge on any atom is -0.378 e. The molecule has 178 valence electrons. The van der Waals surface area contributed by atoms with Crippen LogP contribution >= 0.6 is 15.2 Å². The van der Waals surface area contributed by atoms with Gasteiger partial charge in [-0.15, -0.1) is 0 Å². The average molecular weight is 496 g/mol. The number of ether oxygens (including phenoxy) is 1. The summed E-state index contributed by atoms with van der Waals surface area (Å²) >= 11 is 0. The lowest BCUT2D eigenvalue weighted by Crippen LogP contribution is -2.31. The Morgan fingerprint density at radius 1 is 1.31 bits per heavy atom. The minimum absolute atomic E-state index is 0.0421. The highest BCUT2D eigenvalue weighted by Gasteiger charge is 2.40. The fourth-order valence-electron chi connectivity index (χ4n) is 3.28. The van der Waals surface area contributed by atoms with Gasteiger partial charge in [-0.3, -0.25) is 23.7 Å². The second-order valence-electron chi connectivity index (χ2n) is 7.22. The van der Waals surface area contributed by atoms with E-state index in [-0.39, 0.29) is 30.2 Å². The molecule has 0 spiro atoms. The van der Waals surface area contributed by atoms with Crippen molar-refractivity contribution in [3.05, 3.63) is 16.7 Å². The number of rotatable bonds is 8. The van der Waals surface area contributed by atoms with Gasteiger partial charge in [-0.25, -0.2) is 4.98 Å². The van der Waals surface area contributed by atoms with Gasteiger partial charge in [-0.05, 0) is 0 Å². The van der Waals surface area contributed by atoms with Crippen molar-refractivity contribution in [2.75, 3.05) is 31.6 Å². The molecule has 2 aromatic heterocycles. The van der Waals surface area contributed by atoms with Crippen molar-refractivity contribution >= 4 is 38.2 Å². The van der Waals surface area contributed by atoms with Gasteiger partial charge in [0, 0.05) is 19.5 Å². The van der Waals surface area contributed by atoms with E-state index in [9.17, 15) is 23.8 Å². The van der Waals surface area contributed by atoms with Crippen molar-refractivity contribution in [2.45, 2.75) is 24.4 Å². The number of aromatic nitrogens is 4. The molecule has 0 aromatic carbocycles. The maximum Gasteiger partial charge on any atom is 0.356 e. The number of imidazole rings is 1. The summed E-state index contributed by atoms with van der Waals surface area (Å²) < 4.78 is 29.2. The molecule has 3 rings (SSSR count). The second-order valence-corrected chi connectivity index (χ2v) is 10.8. The largest absolute Gasteiger partial charge is 0.378 e. The number of amides is 1. The Hall–Kier alpha value is -2.16. The molecule has 1 unspecified atom stereocenters. The van der Waals surface area contributed by atoms with E-state index in [0.717, 1.165) is 0 Å². The van der Waals surface area contributed by atoms with E-state index in [1.165, 1.54) is 15.8 Å². The van der Waals surface area contributed by atoms with E-state index in [2.05, 4.69) is 15.0 Å². The number of hydrogen-bond donors (Lipinski definition) is 7. The first kappa shape index (κ1) is 24.5. The van der Waals surface area contributed by atoms with Crippen LogP contribution in [0.4, 0.5) is 5.95 Å². The molecule has 18 heteroatoms. The van der Waals surface area contributed by atoms with Crippen LogP contribution in [0.2, 0.25) is 0 Å². The Kier molecular flexibility index (Phi) is 6.88. The monoisotopic (exact) mass is 496 g/mol. The maximum atomic E-state index is 12.5. The zero-order valence-corrected chi connectivity index (χ0v) is 18.2. The van der Waals surface area contributed by atoms with Gasteiger partial charge in [0.05, 0.1) is 31.2 Å². The molecule has 3 heterocycles. The van der Waals surface area contributed by atoms with Gasteiger partial charge in [-0.2, -0.15) is 4.98 Å². The fourth-order valence-corrected chi connectivity index (χ4v) is 4.05. The first-order chi connectivity index (χ1) is 14.8. The topological polar surface area (TPSA) is 254 Å². The first-order valence-electron chi connectivity index (χ1n) is 9.16. The number of H-pyrrole nitrogens is 1. The Morgan fingerprint density at radius 2 is 2.00 bits per heavy atom. The highest BCUT2D eigenvalue weighted by atomic mass is 31.2. The molecule has 16 nitrogen and oxygen atoms in total. The van der Waals surface area contributed by atoms with E-state index < -0.39 is 63.8 Å². The van der Waals surface area contributed by atoms with Crippen LogP contribution in [-0.2, 0) is 18.7 Å². The molecule has 0 saturated carbocycles. The SMILES string of the molecule is Nc1nc2c(ncn2C2CN(C(=O)CCP(=O)(O)O)C[C@H]2OC[C@@H](O)P(=O)(O)O)c(=O)[nH]1. The first-order valence-corrected chi connectivity index (χ1v) is 12.6. The van der Waals surface area contributed by atoms with E-state index in [0.29, 0.717) is 0 Å². The molecule has 3 atom stereocenters. The Morgan fingerprint density at radius 3 is 2.62 bits per heavy atom. The highest BCUT2D eigenvalue weighted by molar-refractivity contribution is 7.52. The number of hydrogen-bond acceptors (Lipinski definition) is 9. The molecule has 0 radical (unpaired) electrons. The van der Waals surface area contributed by atoms with Crippen LogP contribution in [0, 0.1) is 0 Å². The number of likely N-dealkylation sites (tertiary alicyclic amines) is 1. The summed E-state index contributed by atoms with van der Waals surface area (Å²) in [6, 6.07) is -0.753. The molecule has 0 bridgehead atoms. The van der Waals surface area contributed by atoms with Gasteiger partial charge < -0.3 is 44.6 Å². The lowest BCUT2D eigenvalue weighted by Gasteiger charge is -2.22. The number of carbonyl (C=O) groups excluding carboxylic acids is 1. The van der Waals surface area contributed by atoms with Gasteiger partial charge >= 0.3 is 15.2 Å². The maximum absolute atomic E-state index is 12.5. The van der Waals surface area contributed by atoms with Gasteiger partial charge in [0.15, 0.2) is 17.0 Å². The molecular formula is C14H22N6O10P2. The van der Waals surface area contributed by atoms with Gasteiger partial charge in [0.2, 0.25) is 11.9 Å². The molecule has 1 fully saturated rings. The third kappa shape index (κ3) is 5.60. The number of nitrogens with two attached hydrogens (primary N) is 1. The third-order valence-corrected chi connectivity index (χ3v) is 6.59. The highest BCUT2D eigenvalue weighted by Crippen LogP contribution is 2.40. The third-order valence-electron chi connectivity index (χ3n) is 4.86. The Balaban J connectivity index is 1.88.